The molecule has 9 heteroatoms. The smallest absolute Gasteiger partial charge is 0.416 e. The van der Waals surface area contributed by atoms with Gasteiger partial charge >= 0.3 is 6.18 Å². The average Bonchev–Trinajstić information content (AvgIpc) is 2.72. The van der Waals surface area contributed by atoms with Gasteiger partial charge in [-0.1, -0.05) is 0 Å². The summed E-state index contributed by atoms with van der Waals surface area (Å²) in [5, 5.41) is 20.4. The lowest BCUT2D eigenvalue weighted by molar-refractivity contribution is -0.137. The van der Waals surface area contributed by atoms with Gasteiger partial charge in [0.2, 0.25) is 0 Å². The Labute approximate surface area is 172 Å². The van der Waals surface area contributed by atoms with Crippen molar-refractivity contribution in [2.75, 3.05) is 32.1 Å². The second-order valence-electron chi connectivity index (χ2n) is 7.69. The summed E-state index contributed by atoms with van der Waals surface area (Å²) < 4.78 is 38.8. The highest BCUT2D eigenvalue weighted by Crippen LogP contribution is 2.39. The predicted molar refractivity (Wildman–Crippen MR) is 108 cm³/mol. The van der Waals surface area contributed by atoms with Gasteiger partial charge in [-0.2, -0.15) is 13.2 Å². The third-order valence-electron chi connectivity index (χ3n) is 5.62. The standard InChI is InChI=1S/C21H22F3N5O/c1-28-9-3-4-14(12-28)29(2)20-17-11-25-8-7-15(17)19(26-27-20)16-6-5-13(10-18(16)30)21(22,23)24/h5-8,10-11,14,30H,3-4,9,12H2,1-2H3/t14-/m1/s1. The molecule has 3 heterocycles. The molecule has 0 aliphatic carbocycles. The minimum absolute atomic E-state index is 0.193. The van der Waals surface area contributed by atoms with Crippen LogP contribution < -0.4 is 4.90 Å². The molecule has 30 heavy (non-hydrogen) atoms. The number of rotatable bonds is 3. The van der Waals surface area contributed by atoms with Crippen LogP contribution >= 0.6 is 0 Å². The van der Waals surface area contributed by atoms with Crippen molar-refractivity contribution in [3.8, 4) is 17.0 Å². The zero-order valence-corrected chi connectivity index (χ0v) is 16.7. The van der Waals surface area contributed by atoms with Gasteiger partial charge in [0, 0.05) is 48.4 Å². The number of benzene rings is 1. The molecule has 0 amide bonds. The largest absolute Gasteiger partial charge is 0.507 e. The summed E-state index contributed by atoms with van der Waals surface area (Å²) in [6.07, 6.45) is 0.853. The van der Waals surface area contributed by atoms with Crippen LogP contribution in [0, 0.1) is 0 Å². The van der Waals surface area contributed by atoms with E-state index in [1.807, 2.05) is 7.05 Å². The Hall–Kier alpha value is -2.94. The molecule has 3 aromatic rings. The Bertz CT molecular complexity index is 1070. The SMILES string of the molecule is CN1CCC[C@@H](N(C)c2nnc(-c3ccc(C(F)(F)F)cc3O)c3ccncc23)C1. The van der Waals surface area contributed by atoms with E-state index in [0.717, 1.165) is 37.4 Å². The van der Waals surface area contributed by atoms with Crippen LogP contribution in [0.2, 0.25) is 0 Å². The Kier molecular flexibility index (Phi) is 5.23. The molecule has 1 saturated heterocycles. The van der Waals surface area contributed by atoms with Gasteiger partial charge in [0.05, 0.1) is 5.56 Å². The van der Waals surface area contributed by atoms with Crippen molar-refractivity contribution in [1.29, 1.82) is 0 Å². The fourth-order valence-corrected chi connectivity index (χ4v) is 3.98. The molecule has 1 N–H and O–H groups in total. The number of likely N-dealkylation sites (N-methyl/N-ethyl adjacent to an activating group) is 2. The summed E-state index contributed by atoms with van der Waals surface area (Å²) in [5.41, 5.74) is -0.407. The van der Waals surface area contributed by atoms with Gasteiger partial charge in [0.15, 0.2) is 5.82 Å². The number of likely N-dealkylation sites (tertiary alicyclic amines) is 1. The van der Waals surface area contributed by atoms with Crippen LogP contribution in [0.1, 0.15) is 18.4 Å². The molecule has 0 spiro atoms. The molecule has 1 aliphatic heterocycles. The topological polar surface area (TPSA) is 65.4 Å². The maximum Gasteiger partial charge on any atom is 0.416 e. The monoisotopic (exact) mass is 417 g/mol. The molecule has 158 valence electrons. The van der Waals surface area contributed by atoms with Crippen molar-refractivity contribution in [3.05, 3.63) is 42.2 Å². The van der Waals surface area contributed by atoms with Crippen molar-refractivity contribution < 1.29 is 18.3 Å². The molecule has 2 aromatic heterocycles. The first-order valence-corrected chi connectivity index (χ1v) is 9.68. The van der Waals surface area contributed by atoms with E-state index >= 15 is 0 Å². The summed E-state index contributed by atoms with van der Waals surface area (Å²) in [5.74, 6) is 0.167. The summed E-state index contributed by atoms with van der Waals surface area (Å²) in [4.78, 5) is 8.56. The van der Waals surface area contributed by atoms with Gasteiger partial charge in [-0.3, -0.25) is 4.98 Å². The third kappa shape index (κ3) is 3.77. The number of nitrogens with zero attached hydrogens (tertiary/aromatic N) is 5. The van der Waals surface area contributed by atoms with E-state index in [1.54, 1.807) is 18.5 Å². The molecule has 0 saturated carbocycles. The Morgan fingerprint density at radius 1 is 1.17 bits per heavy atom. The van der Waals surface area contributed by atoms with Crippen molar-refractivity contribution in [2.45, 2.75) is 25.1 Å². The van der Waals surface area contributed by atoms with Crippen LogP contribution in [0.4, 0.5) is 19.0 Å². The lowest BCUT2D eigenvalue weighted by atomic mass is 10.0. The molecule has 4 rings (SSSR count). The summed E-state index contributed by atoms with van der Waals surface area (Å²) in [6, 6.07) is 4.87. The van der Waals surface area contributed by atoms with Crippen LogP contribution in [0.3, 0.4) is 0 Å². The van der Waals surface area contributed by atoms with E-state index in [2.05, 4.69) is 32.0 Å². The van der Waals surface area contributed by atoms with E-state index in [-0.39, 0.29) is 11.6 Å². The molecule has 0 unspecified atom stereocenters. The van der Waals surface area contributed by atoms with E-state index in [4.69, 9.17) is 0 Å². The van der Waals surface area contributed by atoms with Crippen LogP contribution in [0.15, 0.2) is 36.7 Å². The number of halogens is 3. The van der Waals surface area contributed by atoms with Gasteiger partial charge in [-0.25, -0.2) is 0 Å². The number of phenolic OH excluding ortho intramolecular Hbond substituents is 1. The van der Waals surface area contributed by atoms with Crippen LogP contribution in [-0.2, 0) is 6.18 Å². The zero-order valence-electron chi connectivity index (χ0n) is 16.7. The second-order valence-corrected chi connectivity index (χ2v) is 7.69. The van der Waals surface area contributed by atoms with Crippen LogP contribution in [0.5, 0.6) is 5.75 Å². The highest BCUT2D eigenvalue weighted by molar-refractivity contribution is 6.00. The molecule has 1 aliphatic rings. The highest BCUT2D eigenvalue weighted by atomic mass is 19.4. The van der Waals surface area contributed by atoms with Crippen molar-refractivity contribution in [1.82, 2.24) is 20.1 Å². The number of aromatic nitrogens is 3. The number of phenols is 1. The maximum atomic E-state index is 12.9. The van der Waals surface area contributed by atoms with E-state index in [1.165, 1.54) is 6.07 Å². The van der Waals surface area contributed by atoms with E-state index in [0.29, 0.717) is 23.0 Å². The van der Waals surface area contributed by atoms with Crippen LogP contribution in [-0.4, -0.2) is 58.4 Å². The fraction of sp³-hybridized carbons (Fsp3) is 0.381. The number of piperidine rings is 1. The van der Waals surface area contributed by atoms with E-state index < -0.39 is 17.5 Å². The maximum absolute atomic E-state index is 12.9. The third-order valence-corrected chi connectivity index (χ3v) is 5.62. The number of alkyl halides is 3. The van der Waals surface area contributed by atoms with Gasteiger partial charge in [0.1, 0.15) is 11.4 Å². The van der Waals surface area contributed by atoms with Gasteiger partial charge < -0.3 is 14.9 Å². The quantitative estimate of drug-likeness (QED) is 0.696. The second kappa shape index (κ2) is 7.71. The van der Waals surface area contributed by atoms with Crippen molar-refractivity contribution in [2.24, 2.45) is 0 Å². The fourth-order valence-electron chi connectivity index (χ4n) is 3.98. The molecule has 1 fully saturated rings. The minimum atomic E-state index is -4.53. The zero-order chi connectivity index (χ0) is 21.5. The average molecular weight is 417 g/mol. The Morgan fingerprint density at radius 2 is 1.97 bits per heavy atom. The van der Waals surface area contributed by atoms with Crippen molar-refractivity contribution >= 4 is 16.6 Å². The molecule has 1 aromatic carbocycles. The lowest BCUT2D eigenvalue weighted by Crippen LogP contribution is -2.45. The number of fused-ring (bicyclic) bond motifs is 1. The Morgan fingerprint density at radius 3 is 2.67 bits per heavy atom. The number of anilines is 1. The summed E-state index contributed by atoms with van der Waals surface area (Å²) in [6.45, 7) is 1.96. The summed E-state index contributed by atoms with van der Waals surface area (Å²) >= 11 is 0. The summed E-state index contributed by atoms with van der Waals surface area (Å²) in [7, 11) is 4.05. The first kappa shape index (κ1) is 20.3. The van der Waals surface area contributed by atoms with Gasteiger partial charge in [0.25, 0.3) is 0 Å². The molecule has 0 radical (unpaired) electrons. The molecule has 6 nitrogen and oxygen atoms in total. The predicted octanol–water partition coefficient (Wildman–Crippen LogP) is 3.95. The number of aromatic hydroxyl groups is 1. The highest BCUT2D eigenvalue weighted by Gasteiger charge is 2.31. The number of pyridine rings is 1. The number of hydrogen-bond donors (Lipinski definition) is 1. The molecule has 1 atom stereocenters. The first-order chi connectivity index (χ1) is 14.3. The molecule has 0 bridgehead atoms. The lowest BCUT2D eigenvalue weighted by Gasteiger charge is -2.36. The van der Waals surface area contributed by atoms with Gasteiger partial charge in [-0.05, 0) is 50.7 Å². The van der Waals surface area contributed by atoms with Gasteiger partial charge in [-0.15, -0.1) is 10.2 Å². The normalized spacial score (nSPS) is 18.0. The Balaban J connectivity index is 1.78. The van der Waals surface area contributed by atoms with Crippen molar-refractivity contribution in [3.63, 3.8) is 0 Å². The van der Waals surface area contributed by atoms with E-state index in [9.17, 15) is 18.3 Å². The van der Waals surface area contributed by atoms with Crippen LogP contribution in [0.25, 0.3) is 22.0 Å². The number of hydrogen-bond acceptors (Lipinski definition) is 6. The first-order valence-electron chi connectivity index (χ1n) is 9.68. The molecular formula is C21H22F3N5O. The molecular weight excluding hydrogens is 395 g/mol. The minimum Gasteiger partial charge on any atom is -0.507 e.